The van der Waals surface area contributed by atoms with Crippen LogP contribution in [0.3, 0.4) is 0 Å². The third-order valence-corrected chi connectivity index (χ3v) is 6.67. The van der Waals surface area contributed by atoms with E-state index < -0.39 is 11.9 Å². The number of nitrogens with zero attached hydrogens (tertiary/aromatic N) is 4. The summed E-state index contributed by atoms with van der Waals surface area (Å²) in [6.07, 6.45) is -2.51. The van der Waals surface area contributed by atoms with E-state index >= 15 is 0 Å². The van der Waals surface area contributed by atoms with Gasteiger partial charge in [0.15, 0.2) is 28.5 Å². The normalized spacial score (nSPS) is 20.4. The quantitative estimate of drug-likeness (QED) is 0.623. The lowest BCUT2D eigenvalue weighted by atomic mass is 10.1. The topological polar surface area (TPSA) is 73.4 Å². The fourth-order valence-electron chi connectivity index (χ4n) is 4.94. The standard InChI is InChI=1S/C23H24F3N5O3/c1-33-18-6-5-14(10-19(18)34-2)16-11-20(23(24,25)26)31-21(27-16)12-17(28-31)22(32)30-9-8-29-7-3-4-15(29)13-30/h5-6,10-12,15H,3-4,7-9,13H2,1-2H3/p+1/t15-/m1/s1. The minimum Gasteiger partial charge on any atom is -0.493 e. The maximum Gasteiger partial charge on any atom is 0.433 e. The predicted octanol–water partition coefficient (Wildman–Crippen LogP) is 1.94. The molecule has 2 atom stereocenters. The molecule has 0 bridgehead atoms. The molecule has 2 fully saturated rings. The second-order valence-electron chi connectivity index (χ2n) is 8.64. The number of amides is 1. The average molecular weight is 476 g/mol. The molecule has 34 heavy (non-hydrogen) atoms. The molecule has 11 heteroatoms. The molecule has 1 amide bonds. The molecule has 1 N–H and O–H groups in total. The number of carbonyl (C=O) groups excluding carboxylic acids is 1. The molecule has 3 aromatic rings. The lowest BCUT2D eigenvalue weighted by Crippen LogP contribution is -3.16. The number of alkyl halides is 3. The number of benzene rings is 1. The molecule has 4 heterocycles. The van der Waals surface area contributed by atoms with Crippen LogP contribution in [-0.4, -0.2) is 71.8 Å². The zero-order valence-corrected chi connectivity index (χ0v) is 18.9. The number of aromatic nitrogens is 3. The first-order valence-electron chi connectivity index (χ1n) is 11.1. The first kappa shape index (κ1) is 22.5. The van der Waals surface area contributed by atoms with Crippen LogP contribution in [0.15, 0.2) is 30.3 Å². The van der Waals surface area contributed by atoms with Crippen LogP contribution in [-0.2, 0) is 6.18 Å². The summed E-state index contributed by atoms with van der Waals surface area (Å²) in [5, 5.41) is 4.03. The Labute approximate surface area is 193 Å². The lowest BCUT2D eigenvalue weighted by molar-refractivity contribution is -0.916. The molecule has 1 aromatic carbocycles. The van der Waals surface area contributed by atoms with E-state index in [-0.39, 0.29) is 22.9 Å². The number of hydrogen-bond donors (Lipinski definition) is 1. The molecule has 5 rings (SSSR count). The monoisotopic (exact) mass is 476 g/mol. The number of halogens is 3. The number of hydrogen-bond acceptors (Lipinski definition) is 5. The van der Waals surface area contributed by atoms with Gasteiger partial charge in [-0.2, -0.15) is 18.3 Å². The molecule has 0 radical (unpaired) electrons. The Morgan fingerprint density at radius 1 is 1.12 bits per heavy atom. The minimum atomic E-state index is -4.70. The Kier molecular flexibility index (Phi) is 5.59. The van der Waals surface area contributed by atoms with Crippen molar-refractivity contribution in [1.82, 2.24) is 19.5 Å². The fraction of sp³-hybridized carbons (Fsp3) is 0.435. The highest BCUT2D eigenvalue weighted by molar-refractivity contribution is 5.93. The van der Waals surface area contributed by atoms with Crippen molar-refractivity contribution < 1.29 is 32.3 Å². The van der Waals surface area contributed by atoms with E-state index in [4.69, 9.17) is 9.47 Å². The number of fused-ring (bicyclic) bond motifs is 2. The van der Waals surface area contributed by atoms with Crippen molar-refractivity contribution in [3.63, 3.8) is 0 Å². The van der Waals surface area contributed by atoms with Gasteiger partial charge in [0.05, 0.1) is 46.1 Å². The van der Waals surface area contributed by atoms with Crippen LogP contribution < -0.4 is 14.4 Å². The van der Waals surface area contributed by atoms with E-state index in [1.165, 1.54) is 25.2 Å². The van der Waals surface area contributed by atoms with Crippen molar-refractivity contribution >= 4 is 11.6 Å². The fourth-order valence-corrected chi connectivity index (χ4v) is 4.94. The Hall–Kier alpha value is -3.34. The Balaban J connectivity index is 1.54. The summed E-state index contributed by atoms with van der Waals surface area (Å²) in [6, 6.07) is 7.40. The summed E-state index contributed by atoms with van der Waals surface area (Å²) < 4.78 is 53.1. The number of quaternary nitrogens is 1. The maximum absolute atomic E-state index is 14.0. The summed E-state index contributed by atoms with van der Waals surface area (Å²) in [6.45, 7) is 3.12. The summed E-state index contributed by atoms with van der Waals surface area (Å²) in [5.74, 6) is 0.454. The van der Waals surface area contributed by atoms with Gasteiger partial charge in [-0.1, -0.05) is 0 Å². The van der Waals surface area contributed by atoms with Gasteiger partial charge in [-0.15, -0.1) is 0 Å². The van der Waals surface area contributed by atoms with Gasteiger partial charge in [-0.25, -0.2) is 9.50 Å². The minimum absolute atomic E-state index is 0.0380. The van der Waals surface area contributed by atoms with Crippen molar-refractivity contribution in [2.75, 3.05) is 40.4 Å². The summed E-state index contributed by atoms with van der Waals surface area (Å²) >= 11 is 0. The molecule has 180 valence electrons. The summed E-state index contributed by atoms with van der Waals surface area (Å²) in [7, 11) is 2.92. The van der Waals surface area contributed by atoms with Gasteiger partial charge in [-0.3, -0.25) is 4.79 Å². The second-order valence-corrected chi connectivity index (χ2v) is 8.64. The zero-order valence-electron chi connectivity index (χ0n) is 18.9. The Bertz CT molecular complexity index is 1240. The van der Waals surface area contributed by atoms with E-state index in [0.717, 1.165) is 32.0 Å². The van der Waals surface area contributed by atoms with Crippen molar-refractivity contribution in [1.29, 1.82) is 0 Å². The van der Waals surface area contributed by atoms with Crippen molar-refractivity contribution in [3.8, 4) is 22.8 Å². The molecule has 0 aliphatic carbocycles. The maximum atomic E-state index is 14.0. The van der Waals surface area contributed by atoms with Crippen LogP contribution >= 0.6 is 0 Å². The predicted molar refractivity (Wildman–Crippen MR) is 116 cm³/mol. The van der Waals surface area contributed by atoms with Crippen LogP contribution in [0.4, 0.5) is 13.2 Å². The van der Waals surface area contributed by atoms with Gasteiger partial charge < -0.3 is 19.3 Å². The van der Waals surface area contributed by atoms with Crippen LogP contribution in [0.5, 0.6) is 11.5 Å². The van der Waals surface area contributed by atoms with E-state index in [0.29, 0.717) is 40.7 Å². The van der Waals surface area contributed by atoms with E-state index in [2.05, 4.69) is 10.1 Å². The number of ether oxygens (including phenoxy) is 2. The third-order valence-electron chi connectivity index (χ3n) is 6.67. The molecule has 0 saturated carbocycles. The van der Waals surface area contributed by atoms with Gasteiger partial charge in [-0.05, 0) is 24.3 Å². The number of nitrogens with one attached hydrogen (secondary N) is 1. The number of methoxy groups -OCH3 is 2. The Morgan fingerprint density at radius 2 is 1.91 bits per heavy atom. The van der Waals surface area contributed by atoms with Crippen molar-refractivity contribution in [2.45, 2.75) is 25.1 Å². The average Bonchev–Trinajstić information content (AvgIpc) is 3.48. The van der Waals surface area contributed by atoms with Crippen LogP contribution in [0.1, 0.15) is 29.0 Å². The van der Waals surface area contributed by atoms with Gasteiger partial charge >= 0.3 is 6.18 Å². The first-order chi connectivity index (χ1) is 16.3. The highest BCUT2D eigenvalue weighted by Gasteiger charge is 2.38. The molecule has 0 spiro atoms. The van der Waals surface area contributed by atoms with Gasteiger partial charge in [0.2, 0.25) is 0 Å². The third kappa shape index (κ3) is 3.93. The molecule has 8 nitrogen and oxygen atoms in total. The lowest BCUT2D eigenvalue weighted by Gasteiger charge is -2.34. The highest BCUT2D eigenvalue weighted by atomic mass is 19.4. The van der Waals surface area contributed by atoms with Crippen LogP contribution in [0.25, 0.3) is 16.9 Å². The smallest absolute Gasteiger partial charge is 0.433 e. The zero-order chi connectivity index (χ0) is 24.0. The molecule has 2 aliphatic heterocycles. The van der Waals surface area contributed by atoms with Crippen molar-refractivity contribution in [3.05, 3.63) is 41.7 Å². The van der Waals surface area contributed by atoms with Gasteiger partial charge in [0.25, 0.3) is 5.91 Å². The van der Waals surface area contributed by atoms with E-state index in [9.17, 15) is 18.0 Å². The highest BCUT2D eigenvalue weighted by Crippen LogP contribution is 2.35. The van der Waals surface area contributed by atoms with Gasteiger partial charge in [0, 0.05) is 24.5 Å². The second kappa shape index (κ2) is 8.46. The van der Waals surface area contributed by atoms with Crippen molar-refractivity contribution in [2.24, 2.45) is 0 Å². The van der Waals surface area contributed by atoms with E-state index in [1.807, 2.05) is 0 Å². The molecule has 2 aromatic heterocycles. The molecule has 2 aliphatic rings. The Morgan fingerprint density at radius 3 is 2.65 bits per heavy atom. The van der Waals surface area contributed by atoms with Crippen LogP contribution in [0, 0.1) is 0 Å². The first-order valence-corrected chi connectivity index (χ1v) is 11.1. The molecule has 1 unspecified atom stereocenters. The summed E-state index contributed by atoms with van der Waals surface area (Å²) in [5.41, 5.74) is -0.591. The SMILES string of the molecule is COc1ccc(-c2cc(C(F)(F)F)n3nc(C(=O)N4CC[NH+]5CCC[C@@H]5C4)cc3n2)cc1OC. The van der Waals surface area contributed by atoms with Crippen LogP contribution in [0.2, 0.25) is 0 Å². The molecule has 2 saturated heterocycles. The van der Waals surface area contributed by atoms with Gasteiger partial charge in [0.1, 0.15) is 6.04 Å². The number of carbonyl (C=O) groups is 1. The summed E-state index contributed by atoms with van der Waals surface area (Å²) in [4.78, 5) is 20.7. The molecular weight excluding hydrogens is 451 g/mol. The van der Waals surface area contributed by atoms with E-state index in [1.54, 1.807) is 23.1 Å². The largest absolute Gasteiger partial charge is 0.493 e. The number of piperazine rings is 1. The molecular formula is C23H25F3N5O3+. The number of rotatable bonds is 4.